The summed E-state index contributed by atoms with van der Waals surface area (Å²) in [4.78, 5) is 11.6. The number of nitrogens with one attached hydrogen (secondary N) is 1. The average molecular weight is 323 g/mol. The maximum Gasteiger partial charge on any atom is 0.252 e. The molecule has 8 heteroatoms. The summed E-state index contributed by atoms with van der Waals surface area (Å²) in [6.07, 6.45) is 2.18. The number of primary sulfonamides is 1. The molecule has 0 unspecified atom stereocenters. The molecule has 0 aromatic heterocycles. The molecule has 0 atom stereocenters. The Morgan fingerprint density at radius 3 is 2.53 bits per heavy atom. The number of carbonyl (C=O) groups excluding carboxylic acids is 1. The van der Waals surface area contributed by atoms with E-state index in [-0.39, 0.29) is 20.5 Å². The van der Waals surface area contributed by atoms with E-state index in [0.29, 0.717) is 12.5 Å². The SMILES string of the molecule is NS(=O)(=O)c1cc(Cl)cc(C(=O)NCC2CC2)c1Cl. The first-order valence-electron chi connectivity index (χ1n) is 5.59. The molecular weight excluding hydrogens is 311 g/mol. The lowest BCUT2D eigenvalue weighted by atomic mass is 10.2. The summed E-state index contributed by atoms with van der Waals surface area (Å²) >= 11 is 11.7. The van der Waals surface area contributed by atoms with E-state index in [1.807, 2.05) is 0 Å². The number of hydrogen-bond acceptors (Lipinski definition) is 3. The predicted octanol–water partition coefficient (Wildman–Crippen LogP) is 1.78. The molecule has 0 heterocycles. The molecule has 0 spiro atoms. The lowest BCUT2D eigenvalue weighted by Crippen LogP contribution is -2.26. The number of halogens is 2. The normalized spacial score (nSPS) is 15.3. The van der Waals surface area contributed by atoms with Gasteiger partial charge in [0.25, 0.3) is 5.91 Å². The Balaban J connectivity index is 2.33. The Hall–Kier alpha value is -0.820. The van der Waals surface area contributed by atoms with Crippen molar-refractivity contribution in [3.63, 3.8) is 0 Å². The molecule has 2 rings (SSSR count). The van der Waals surface area contributed by atoms with E-state index in [1.54, 1.807) is 0 Å². The molecule has 1 saturated carbocycles. The van der Waals surface area contributed by atoms with Crippen molar-refractivity contribution in [2.75, 3.05) is 6.54 Å². The number of sulfonamides is 1. The van der Waals surface area contributed by atoms with E-state index in [9.17, 15) is 13.2 Å². The number of carbonyl (C=O) groups is 1. The van der Waals surface area contributed by atoms with Crippen LogP contribution in [0, 0.1) is 5.92 Å². The second kappa shape index (κ2) is 5.28. The summed E-state index contributed by atoms with van der Waals surface area (Å²) in [7, 11) is -4.03. The Kier molecular flexibility index (Phi) is 4.06. The van der Waals surface area contributed by atoms with Gasteiger partial charge in [0.15, 0.2) is 0 Å². The van der Waals surface area contributed by atoms with Crippen LogP contribution in [-0.4, -0.2) is 20.9 Å². The van der Waals surface area contributed by atoms with Gasteiger partial charge in [-0.3, -0.25) is 4.79 Å². The van der Waals surface area contributed by atoms with Gasteiger partial charge in [-0.05, 0) is 30.9 Å². The highest BCUT2D eigenvalue weighted by atomic mass is 35.5. The standard InChI is InChI=1S/C11H12Cl2N2O3S/c12-7-3-8(11(16)15-5-6-1-2-6)10(13)9(4-7)19(14,17)18/h3-4,6H,1-2,5H2,(H,15,16)(H2,14,17,18). The lowest BCUT2D eigenvalue weighted by Gasteiger charge is -2.09. The van der Waals surface area contributed by atoms with Crippen LogP contribution in [0.25, 0.3) is 0 Å². The highest BCUT2D eigenvalue weighted by Gasteiger charge is 2.24. The molecule has 1 aromatic carbocycles. The van der Waals surface area contributed by atoms with Gasteiger partial charge in [-0.15, -0.1) is 0 Å². The van der Waals surface area contributed by atoms with Crippen LogP contribution >= 0.6 is 23.2 Å². The molecule has 0 saturated heterocycles. The summed E-state index contributed by atoms with van der Waals surface area (Å²) in [6.45, 7) is 0.548. The maximum atomic E-state index is 11.9. The van der Waals surface area contributed by atoms with Gasteiger partial charge in [0.2, 0.25) is 10.0 Å². The largest absolute Gasteiger partial charge is 0.352 e. The number of hydrogen-bond donors (Lipinski definition) is 2. The van der Waals surface area contributed by atoms with Crippen molar-refractivity contribution in [1.82, 2.24) is 5.32 Å². The molecule has 0 bridgehead atoms. The number of rotatable bonds is 4. The quantitative estimate of drug-likeness (QED) is 0.885. The zero-order valence-corrected chi connectivity index (χ0v) is 12.1. The predicted molar refractivity (Wildman–Crippen MR) is 72.9 cm³/mol. The Labute approximate surface area is 121 Å². The van der Waals surface area contributed by atoms with E-state index in [1.165, 1.54) is 6.07 Å². The van der Waals surface area contributed by atoms with Crippen LogP contribution in [0.2, 0.25) is 10.0 Å². The monoisotopic (exact) mass is 322 g/mol. The summed E-state index contributed by atoms with van der Waals surface area (Å²) in [5.41, 5.74) is 0.0128. The van der Waals surface area contributed by atoms with E-state index in [0.717, 1.165) is 18.9 Å². The number of nitrogens with two attached hydrogens (primary N) is 1. The third-order valence-electron chi connectivity index (χ3n) is 2.80. The fourth-order valence-electron chi connectivity index (χ4n) is 1.59. The molecule has 0 aliphatic heterocycles. The molecule has 19 heavy (non-hydrogen) atoms. The molecule has 1 aliphatic carbocycles. The molecule has 0 radical (unpaired) electrons. The van der Waals surface area contributed by atoms with Crippen LogP contribution in [0.1, 0.15) is 23.2 Å². The molecular formula is C11H12Cl2N2O3S. The van der Waals surface area contributed by atoms with Gasteiger partial charge < -0.3 is 5.32 Å². The van der Waals surface area contributed by atoms with Crippen LogP contribution < -0.4 is 10.5 Å². The Morgan fingerprint density at radius 2 is 2.00 bits per heavy atom. The van der Waals surface area contributed by atoms with Crippen LogP contribution in [-0.2, 0) is 10.0 Å². The van der Waals surface area contributed by atoms with Crippen molar-refractivity contribution >= 4 is 39.1 Å². The van der Waals surface area contributed by atoms with Gasteiger partial charge in [0.1, 0.15) is 4.90 Å². The first-order chi connectivity index (χ1) is 8.79. The third kappa shape index (κ3) is 3.60. The first kappa shape index (κ1) is 14.6. The summed E-state index contributed by atoms with van der Waals surface area (Å²) in [6, 6.07) is 2.44. The summed E-state index contributed by atoms with van der Waals surface area (Å²) in [5, 5.41) is 7.59. The Morgan fingerprint density at radius 1 is 1.37 bits per heavy atom. The van der Waals surface area contributed by atoms with Gasteiger partial charge in [-0.2, -0.15) is 0 Å². The van der Waals surface area contributed by atoms with Gasteiger partial charge in [0, 0.05) is 11.6 Å². The molecule has 3 N–H and O–H groups in total. The summed E-state index contributed by atoms with van der Waals surface area (Å²) < 4.78 is 22.7. The highest BCUT2D eigenvalue weighted by molar-refractivity contribution is 7.89. The molecule has 104 valence electrons. The van der Waals surface area contributed by atoms with E-state index in [2.05, 4.69) is 5.32 Å². The van der Waals surface area contributed by atoms with Crippen molar-refractivity contribution in [2.45, 2.75) is 17.7 Å². The lowest BCUT2D eigenvalue weighted by molar-refractivity contribution is 0.0951. The van der Waals surface area contributed by atoms with Gasteiger partial charge in [-0.25, -0.2) is 13.6 Å². The fourth-order valence-corrected chi connectivity index (χ4v) is 3.04. The van der Waals surface area contributed by atoms with E-state index >= 15 is 0 Å². The second-order valence-electron chi connectivity index (χ2n) is 4.46. The Bertz CT molecular complexity index is 627. The second-order valence-corrected chi connectivity index (χ2v) is 6.81. The maximum absolute atomic E-state index is 11.9. The first-order valence-corrected chi connectivity index (χ1v) is 7.89. The fraction of sp³-hybridized carbons (Fsp3) is 0.364. The third-order valence-corrected chi connectivity index (χ3v) is 4.48. The molecule has 1 fully saturated rings. The van der Waals surface area contributed by atoms with Crippen molar-refractivity contribution < 1.29 is 13.2 Å². The van der Waals surface area contributed by atoms with Crippen molar-refractivity contribution in [3.8, 4) is 0 Å². The smallest absolute Gasteiger partial charge is 0.252 e. The van der Waals surface area contributed by atoms with Gasteiger partial charge in [-0.1, -0.05) is 23.2 Å². The van der Waals surface area contributed by atoms with Crippen LogP contribution in [0.15, 0.2) is 17.0 Å². The molecule has 5 nitrogen and oxygen atoms in total. The zero-order valence-electron chi connectivity index (χ0n) is 9.82. The van der Waals surface area contributed by atoms with E-state index in [4.69, 9.17) is 28.3 Å². The van der Waals surface area contributed by atoms with E-state index < -0.39 is 15.9 Å². The highest BCUT2D eigenvalue weighted by Crippen LogP contribution is 2.30. The van der Waals surface area contributed by atoms with Crippen LogP contribution in [0.4, 0.5) is 0 Å². The molecule has 1 aromatic rings. The molecule has 1 amide bonds. The summed E-state index contributed by atoms with van der Waals surface area (Å²) in [5.74, 6) is 0.0453. The number of amides is 1. The van der Waals surface area contributed by atoms with Crippen LogP contribution in [0.5, 0.6) is 0 Å². The number of benzene rings is 1. The van der Waals surface area contributed by atoms with Crippen molar-refractivity contribution in [2.24, 2.45) is 11.1 Å². The zero-order chi connectivity index (χ0) is 14.2. The average Bonchev–Trinajstić information content (AvgIpc) is 3.11. The minimum absolute atomic E-state index is 0.0128. The minimum atomic E-state index is -4.03. The van der Waals surface area contributed by atoms with Crippen molar-refractivity contribution in [1.29, 1.82) is 0 Å². The van der Waals surface area contributed by atoms with Gasteiger partial charge >= 0.3 is 0 Å². The topological polar surface area (TPSA) is 89.3 Å². The van der Waals surface area contributed by atoms with Crippen molar-refractivity contribution in [3.05, 3.63) is 27.7 Å². The van der Waals surface area contributed by atoms with Crippen LogP contribution in [0.3, 0.4) is 0 Å². The van der Waals surface area contributed by atoms with Gasteiger partial charge in [0.05, 0.1) is 10.6 Å². The minimum Gasteiger partial charge on any atom is -0.352 e. The molecule has 1 aliphatic rings.